The minimum atomic E-state index is -0.423. The fourth-order valence-electron chi connectivity index (χ4n) is 2.36. The highest BCUT2D eigenvalue weighted by Crippen LogP contribution is 2.13. The van der Waals surface area contributed by atoms with Crippen LogP contribution in [0.5, 0.6) is 0 Å². The van der Waals surface area contributed by atoms with Crippen molar-refractivity contribution in [2.75, 3.05) is 5.32 Å². The summed E-state index contributed by atoms with van der Waals surface area (Å²) in [6, 6.07) is 14.9. The number of halogens is 1. The first-order valence-electron chi connectivity index (χ1n) is 7.50. The van der Waals surface area contributed by atoms with E-state index in [1.807, 2.05) is 47.3 Å². The van der Waals surface area contributed by atoms with Crippen molar-refractivity contribution in [2.45, 2.75) is 13.1 Å². The third-order valence-electron chi connectivity index (χ3n) is 3.60. The molecule has 0 bridgehead atoms. The Balaban J connectivity index is 1.61. The summed E-state index contributed by atoms with van der Waals surface area (Å²) < 4.78 is 1.85. The average molecular weight is 341 g/mol. The maximum absolute atomic E-state index is 11.2. The Labute approximate surface area is 145 Å². The van der Waals surface area contributed by atoms with Crippen LogP contribution in [0.25, 0.3) is 0 Å². The van der Waals surface area contributed by atoms with E-state index in [9.17, 15) is 4.79 Å². The molecule has 1 heterocycles. The molecule has 2 aromatic carbocycles. The van der Waals surface area contributed by atoms with Crippen LogP contribution in [0.2, 0.25) is 5.02 Å². The maximum Gasteiger partial charge on any atom is 0.248 e. The van der Waals surface area contributed by atoms with E-state index in [0.29, 0.717) is 18.7 Å². The number of hydrogen-bond donors (Lipinski definition) is 2. The quantitative estimate of drug-likeness (QED) is 0.723. The fraction of sp³-hybridized carbons (Fsp3) is 0.111. The molecule has 0 atom stereocenters. The predicted octanol–water partition coefficient (Wildman–Crippen LogP) is 3.30. The summed E-state index contributed by atoms with van der Waals surface area (Å²) in [5.74, 6) is -0.423. The van der Waals surface area contributed by atoms with Gasteiger partial charge in [0.05, 0.1) is 18.4 Å². The lowest BCUT2D eigenvalue weighted by Gasteiger charge is -2.05. The van der Waals surface area contributed by atoms with Gasteiger partial charge < -0.3 is 11.1 Å². The third kappa shape index (κ3) is 4.14. The van der Waals surface area contributed by atoms with Crippen LogP contribution in [0.4, 0.5) is 5.69 Å². The smallest absolute Gasteiger partial charge is 0.248 e. The highest BCUT2D eigenvalue weighted by molar-refractivity contribution is 6.30. The van der Waals surface area contributed by atoms with Crippen molar-refractivity contribution in [3.8, 4) is 0 Å². The van der Waals surface area contributed by atoms with E-state index in [4.69, 9.17) is 17.3 Å². The Morgan fingerprint density at radius 1 is 1.17 bits per heavy atom. The van der Waals surface area contributed by atoms with Gasteiger partial charge in [-0.15, -0.1) is 0 Å². The van der Waals surface area contributed by atoms with Crippen molar-refractivity contribution in [3.05, 3.63) is 82.6 Å². The molecule has 1 aromatic heterocycles. The molecule has 0 saturated heterocycles. The van der Waals surface area contributed by atoms with Crippen molar-refractivity contribution in [1.82, 2.24) is 9.78 Å². The van der Waals surface area contributed by atoms with E-state index >= 15 is 0 Å². The van der Waals surface area contributed by atoms with Gasteiger partial charge in [-0.05, 0) is 35.4 Å². The summed E-state index contributed by atoms with van der Waals surface area (Å²) in [5.41, 5.74) is 8.82. The molecule has 5 nitrogen and oxygen atoms in total. The van der Waals surface area contributed by atoms with Crippen LogP contribution in [-0.2, 0) is 13.1 Å². The van der Waals surface area contributed by atoms with E-state index in [2.05, 4.69) is 10.4 Å². The molecule has 3 aromatic rings. The zero-order chi connectivity index (χ0) is 16.9. The summed E-state index contributed by atoms with van der Waals surface area (Å²) in [4.78, 5) is 11.2. The van der Waals surface area contributed by atoms with Crippen molar-refractivity contribution in [3.63, 3.8) is 0 Å². The number of nitrogens with two attached hydrogens (primary N) is 1. The van der Waals surface area contributed by atoms with Crippen molar-refractivity contribution in [1.29, 1.82) is 0 Å². The number of carbonyl (C=O) groups excluding carboxylic acids is 1. The Bertz CT molecular complexity index is 842. The van der Waals surface area contributed by atoms with E-state index < -0.39 is 5.91 Å². The lowest BCUT2D eigenvalue weighted by atomic mass is 10.1. The number of hydrogen-bond acceptors (Lipinski definition) is 3. The van der Waals surface area contributed by atoms with Crippen LogP contribution in [0.3, 0.4) is 0 Å². The second kappa shape index (κ2) is 7.19. The standard InChI is InChI=1S/C18H17ClN4O/c19-16-6-4-13(5-7-16)11-23-12-17(10-22-23)21-9-14-2-1-3-15(8-14)18(20)24/h1-8,10,12,21H,9,11H2,(H2,20,24). The SMILES string of the molecule is NC(=O)c1cccc(CNc2cnn(Cc3ccc(Cl)cc3)c2)c1. The van der Waals surface area contributed by atoms with E-state index in [0.717, 1.165) is 21.8 Å². The van der Waals surface area contributed by atoms with Gasteiger partial charge in [0, 0.05) is 23.3 Å². The summed E-state index contributed by atoms with van der Waals surface area (Å²) in [7, 11) is 0. The van der Waals surface area contributed by atoms with Crippen LogP contribution in [0.15, 0.2) is 60.9 Å². The number of rotatable bonds is 6. The summed E-state index contributed by atoms with van der Waals surface area (Å²) in [5, 5.41) is 8.35. The Morgan fingerprint density at radius 2 is 1.96 bits per heavy atom. The molecule has 0 radical (unpaired) electrons. The Morgan fingerprint density at radius 3 is 2.71 bits per heavy atom. The first-order valence-corrected chi connectivity index (χ1v) is 7.87. The molecule has 0 aliphatic rings. The molecular formula is C18H17ClN4O. The number of amides is 1. The average Bonchev–Trinajstić information content (AvgIpc) is 3.03. The van der Waals surface area contributed by atoms with Gasteiger partial charge in [-0.3, -0.25) is 9.48 Å². The molecule has 0 spiro atoms. The Hall–Kier alpha value is -2.79. The number of carbonyl (C=O) groups is 1. The fourth-order valence-corrected chi connectivity index (χ4v) is 2.48. The predicted molar refractivity (Wildman–Crippen MR) is 95.1 cm³/mol. The van der Waals surface area contributed by atoms with Crippen molar-refractivity contribution < 1.29 is 4.79 Å². The first-order chi connectivity index (χ1) is 11.6. The van der Waals surface area contributed by atoms with Gasteiger partial charge >= 0.3 is 0 Å². The highest BCUT2D eigenvalue weighted by atomic mass is 35.5. The monoisotopic (exact) mass is 340 g/mol. The second-order valence-electron chi connectivity index (χ2n) is 5.47. The summed E-state index contributed by atoms with van der Waals surface area (Å²) in [6.45, 7) is 1.27. The molecule has 3 rings (SSSR count). The van der Waals surface area contributed by atoms with Gasteiger partial charge in [0.1, 0.15) is 0 Å². The van der Waals surface area contributed by atoms with Crippen LogP contribution in [0, 0.1) is 0 Å². The third-order valence-corrected chi connectivity index (χ3v) is 3.85. The molecule has 24 heavy (non-hydrogen) atoms. The van der Waals surface area contributed by atoms with E-state index in [1.165, 1.54) is 0 Å². The number of anilines is 1. The molecule has 0 aliphatic carbocycles. The van der Waals surface area contributed by atoms with Gasteiger partial charge in [-0.1, -0.05) is 35.9 Å². The van der Waals surface area contributed by atoms with Gasteiger partial charge in [-0.2, -0.15) is 5.10 Å². The van der Waals surface area contributed by atoms with Gasteiger partial charge in [0.25, 0.3) is 0 Å². The maximum atomic E-state index is 11.2. The molecule has 3 N–H and O–H groups in total. The van der Waals surface area contributed by atoms with Gasteiger partial charge in [-0.25, -0.2) is 0 Å². The molecule has 0 saturated carbocycles. The Kier molecular flexibility index (Phi) is 4.82. The van der Waals surface area contributed by atoms with Gasteiger partial charge in [0.2, 0.25) is 5.91 Å². The normalized spacial score (nSPS) is 10.5. The van der Waals surface area contributed by atoms with Gasteiger partial charge in [0.15, 0.2) is 0 Å². The minimum absolute atomic E-state index is 0.423. The molecule has 1 amide bonds. The summed E-state index contributed by atoms with van der Waals surface area (Å²) >= 11 is 5.89. The molecule has 0 aliphatic heterocycles. The van der Waals surface area contributed by atoms with Crippen LogP contribution in [0.1, 0.15) is 21.5 Å². The molecule has 0 fully saturated rings. The number of nitrogens with zero attached hydrogens (tertiary/aromatic N) is 2. The number of primary amides is 1. The topological polar surface area (TPSA) is 72.9 Å². The molecule has 0 unspecified atom stereocenters. The zero-order valence-electron chi connectivity index (χ0n) is 12.9. The first kappa shape index (κ1) is 16.1. The zero-order valence-corrected chi connectivity index (χ0v) is 13.7. The number of benzene rings is 2. The van der Waals surface area contributed by atoms with Crippen LogP contribution >= 0.6 is 11.6 Å². The minimum Gasteiger partial charge on any atom is -0.378 e. The lowest BCUT2D eigenvalue weighted by Crippen LogP contribution is -2.11. The van der Waals surface area contributed by atoms with E-state index in [-0.39, 0.29) is 0 Å². The largest absolute Gasteiger partial charge is 0.378 e. The highest BCUT2D eigenvalue weighted by Gasteiger charge is 2.03. The molecule has 122 valence electrons. The number of aromatic nitrogens is 2. The second-order valence-corrected chi connectivity index (χ2v) is 5.91. The molecule has 6 heteroatoms. The summed E-state index contributed by atoms with van der Waals surface area (Å²) in [6.07, 6.45) is 3.71. The van der Waals surface area contributed by atoms with Crippen molar-refractivity contribution in [2.24, 2.45) is 5.73 Å². The molecular weight excluding hydrogens is 324 g/mol. The van der Waals surface area contributed by atoms with E-state index in [1.54, 1.807) is 18.3 Å². The van der Waals surface area contributed by atoms with Crippen LogP contribution in [-0.4, -0.2) is 15.7 Å². The lowest BCUT2D eigenvalue weighted by molar-refractivity contribution is 0.1000. The van der Waals surface area contributed by atoms with Crippen LogP contribution < -0.4 is 11.1 Å². The van der Waals surface area contributed by atoms with Crippen molar-refractivity contribution >= 4 is 23.2 Å². The number of nitrogens with one attached hydrogen (secondary N) is 1.